The highest BCUT2D eigenvalue weighted by Gasteiger charge is 2.22. The van der Waals surface area contributed by atoms with Crippen LogP contribution in [-0.4, -0.2) is 60.2 Å². The molecule has 0 heterocycles. The standard InChI is InChI=1S/C14H26N2O5S2/c17-4-6-22-23-7-5-21-14(20)16-10-12-3-1-2-11(8-12)9-15-13(18)19/h11-12,15,17H,1-10H2,(H,16,20)(H,18,19). The van der Waals surface area contributed by atoms with E-state index in [2.05, 4.69) is 10.6 Å². The Labute approximate surface area is 144 Å². The first kappa shape index (κ1) is 20.2. The number of carbonyl (C=O) groups is 2. The number of alkyl carbamates (subject to hydrolysis) is 1. The monoisotopic (exact) mass is 366 g/mol. The van der Waals surface area contributed by atoms with Crippen molar-refractivity contribution in [3.05, 3.63) is 0 Å². The van der Waals surface area contributed by atoms with Gasteiger partial charge in [-0.2, -0.15) is 0 Å². The maximum Gasteiger partial charge on any atom is 0.407 e. The number of rotatable bonds is 10. The van der Waals surface area contributed by atoms with Crippen LogP contribution >= 0.6 is 21.6 Å². The fraction of sp³-hybridized carbons (Fsp3) is 0.857. The maximum absolute atomic E-state index is 11.6. The van der Waals surface area contributed by atoms with Crippen molar-refractivity contribution in [2.45, 2.75) is 25.7 Å². The minimum Gasteiger partial charge on any atom is -0.465 e. The van der Waals surface area contributed by atoms with Gasteiger partial charge in [0, 0.05) is 24.6 Å². The Morgan fingerprint density at radius 1 is 1.09 bits per heavy atom. The van der Waals surface area contributed by atoms with E-state index in [1.54, 1.807) is 21.6 Å². The Kier molecular flexibility index (Phi) is 11.1. The molecular weight excluding hydrogens is 340 g/mol. The number of aliphatic hydroxyl groups excluding tert-OH is 1. The van der Waals surface area contributed by atoms with Gasteiger partial charge in [0.25, 0.3) is 0 Å². The van der Waals surface area contributed by atoms with Crippen LogP contribution in [0.25, 0.3) is 0 Å². The molecular formula is C14H26N2O5S2. The molecule has 1 rings (SSSR count). The average molecular weight is 367 g/mol. The van der Waals surface area contributed by atoms with Gasteiger partial charge in [-0.1, -0.05) is 28.0 Å². The van der Waals surface area contributed by atoms with Gasteiger partial charge < -0.3 is 25.6 Å². The van der Waals surface area contributed by atoms with Crippen molar-refractivity contribution < 1.29 is 24.5 Å². The Morgan fingerprint density at radius 2 is 1.74 bits per heavy atom. The molecule has 23 heavy (non-hydrogen) atoms. The molecule has 0 saturated heterocycles. The Bertz CT molecular complexity index is 360. The third kappa shape index (κ3) is 10.6. The van der Waals surface area contributed by atoms with Crippen molar-refractivity contribution in [3.63, 3.8) is 0 Å². The highest BCUT2D eigenvalue weighted by atomic mass is 33.1. The summed E-state index contributed by atoms with van der Waals surface area (Å²) in [7, 11) is 3.13. The molecule has 0 aromatic heterocycles. The first-order valence-corrected chi connectivity index (χ1v) is 10.3. The molecule has 2 atom stereocenters. The summed E-state index contributed by atoms with van der Waals surface area (Å²) in [5.74, 6) is 2.11. The van der Waals surface area contributed by atoms with E-state index in [1.807, 2.05) is 0 Å². The second-order valence-corrected chi connectivity index (χ2v) is 8.17. The van der Waals surface area contributed by atoms with Gasteiger partial charge in [-0.25, -0.2) is 9.59 Å². The van der Waals surface area contributed by atoms with Gasteiger partial charge in [-0.3, -0.25) is 0 Å². The van der Waals surface area contributed by atoms with Crippen molar-refractivity contribution in [2.75, 3.05) is 37.8 Å². The predicted octanol–water partition coefficient (Wildman–Crippen LogP) is 2.16. The van der Waals surface area contributed by atoms with Gasteiger partial charge in [0.2, 0.25) is 0 Å². The van der Waals surface area contributed by atoms with E-state index in [0.717, 1.165) is 25.7 Å². The number of ether oxygens (including phenoxy) is 1. The Hall–Kier alpha value is -0.800. The quantitative estimate of drug-likeness (QED) is 0.346. The number of hydrogen-bond donors (Lipinski definition) is 4. The molecule has 9 heteroatoms. The summed E-state index contributed by atoms with van der Waals surface area (Å²) >= 11 is 0. The number of carboxylic acid groups (broad SMARTS) is 1. The van der Waals surface area contributed by atoms with Crippen LogP contribution in [0.15, 0.2) is 0 Å². The molecule has 0 aliphatic heterocycles. The zero-order chi connectivity index (χ0) is 16.9. The van der Waals surface area contributed by atoms with Crippen LogP contribution in [0.2, 0.25) is 0 Å². The molecule has 0 bridgehead atoms. The van der Waals surface area contributed by atoms with Crippen LogP contribution in [0, 0.1) is 11.8 Å². The molecule has 1 aliphatic rings. The third-order valence-electron chi connectivity index (χ3n) is 3.63. The largest absolute Gasteiger partial charge is 0.465 e. The lowest BCUT2D eigenvalue weighted by Gasteiger charge is -2.29. The molecule has 1 aliphatic carbocycles. The zero-order valence-corrected chi connectivity index (χ0v) is 14.8. The van der Waals surface area contributed by atoms with Gasteiger partial charge in [0.05, 0.1) is 6.61 Å². The lowest BCUT2D eigenvalue weighted by molar-refractivity contribution is 0.148. The lowest BCUT2D eigenvalue weighted by atomic mass is 9.81. The topological polar surface area (TPSA) is 108 Å². The lowest BCUT2D eigenvalue weighted by Crippen LogP contribution is -2.35. The molecule has 4 N–H and O–H groups in total. The van der Waals surface area contributed by atoms with Crippen molar-refractivity contribution in [1.82, 2.24) is 10.6 Å². The number of hydrogen-bond acceptors (Lipinski definition) is 6. The molecule has 134 valence electrons. The minimum atomic E-state index is -0.983. The maximum atomic E-state index is 11.6. The zero-order valence-electron chi connectivity index (χ0n) is 13.2. The Balaban J connectivity index is 2.06. The second-order valence-electron chi connectivity index (χ2n) is 5.47. The van der Waals surface area contributed by atoms with Gasteiger partial charge in [-0.15, -0.1) is 0 Å². The molecule has 0 aromatic rings. The van der Waals surface area contributed by atoms with E-state index in [4.69, 9.17) is 14.9 Å². The molecule has 7 nitrogen and oxygen atoms in total. The molecule has 1 fully saturated rings. The van der Waals surface area contributed by atoms with Crippen LogP contribution < -0.4 is 10.6 Å². The van der Waals surface area contributed by atoms with Gasteiger partial charge in [0.1, 0.15) is 6.61 Å². The predicted molar refractivity (Wildman–Crippen MR) is 92.8 cm³/mol. The van der Waals surface area contributed by atoms with E-state index in [-0.39, 0.29) is 6.61 Å². The summed E-state index contributed by atoms with van der Waals surface area (Å²) in [6.07, 6.45) is 2.69. The second kappa shape index (κ2) is 12.6. The molecule has 0 spiro atoms. The smallest absolute Gasteiger partial charge is 0.407 e. The van der Waals surface area contributed by atoms with Crippen LogP contribution in [-0.2, 0) is 4.74 Å². The van der Waals surface area contributed by atoms with Gasteiger partial charge in [-0.05, 0) is 31.1 Å². The summed E-state index contributed by atoms with van der Waals surface area (Å²) < 4.78 is 5.08. The average Bonchev–Trinajstić information content (AvgIpc) is 2.54. The molecule has 2 amide bonds. The van der Waals surface area contributed by atoms with E-state index in [0.29, 0.717) is 43.0 Å². The van der Waals surface area contributed by atoms with Crippen molar-refractivity contribution in [1.29, 1.82) is 0 Å². The van der Waals surface area contributed by atoms with Crippen molar-refractivity contribution in [3.8, 4) is 0 Å². The number of nitrogens with one attached hydrogen (secondary N) is 2. The highest BCUT2D eigenvalue weighted by molar-refractivity contribution is 8.76. The normalized spacial score (nSPS) is 20.7. The summed E-state index contributed by atoms with van der Waals surface area (Å²) in [6, 6.07) is 0. The first-order valence-electron chi connectivity index (χ1n) is 7.84. The van der Waals surface area contributed by atoms with Crippen LogP contribution in [0.3, 0.4) is 0 Å². The molecule has 1 saturated carbocycles. The summed E-state index contributed by atoms with van der Waals surface area (Å²) in [4.78, 5) is 22.1. The van der Waals surface area contributed by atoms with E-state index < -0.39 is 12.2 Å². The Morgan fingerprint density at radius 3 is 2.39 bits per heavy atom. The van der Waals surface area contributed by atoms with E-state index >= 15 is 0 Å². The summed E-state index contributed by atoms with van der Waals surface area (Å²) in [5, 5.41) is 22.5. The number of amides is 2. The van der Waals surface area contributed by atoms with Gasteiger partial charge in [0.15, 0.2) is 0 Å². The number of carbonyl (C=O) groups excluding carboxylic acids is 1. The minimum absolute atomic E-state index is 0.156. The number of aliphatic hydroxyl groups is 1. The van der Waals surface area contributed by atoms with Crippen LogP contribution in [0.4, 0.5) is 9.59 Å². The first-order chi connectivity index (χ1) is 11.1. The van der Waals surface area contributed by atoms with E-state index in [9.17, 15) is 9.59 Å². The van der Waals surface area contributed by atoms with Crippen molar-refractivity contribution >= 4 is 33.8 Å². The molecule has 0 aromatic carbocycles. The molecule has 2 unspecified atom stereocenters. The fourth-order valence-corrected chi connectivity index (χ4v) is 4.20. The SMILES string of the molecule is O=C(O)NCC1CCCC(CNC(=O)OCCSSCCO)C1. The van der Waals surface area contributed by atoms with E-state index in [1.165, 1.54) is 0 Å². The highest BCUT2D eigenvalue weighted by Crippen LogP contribution is 2.28. The fourth-order valence-electron chi connectivity index (χ4n) is 2.61. The van der Waals surface area contributed by atoms with Crippen molar-refractivity contribution in [2.24, 2.45) is 11.8 Å². The molecule has 0 radical (unpaired) electrons. The summed E-state index contributed by atoms with van der Waals surface area (Å²) in [6.45, 7) is 1.57. The summed E-state index contributed by atoms with van der Waals surface area (Å²) in [5.41, 5.74) is 0. The van der Waals surface area contributed by atoms with Crippen LogP contribution in [0.1, 0.15) is 25.7 Å². The van der Waals surface area contributed by atoms with Gasteiger partial charge >= 0.3 is 12.2 Å². The third-order valence-corrected chi connectivity index (χ3v) is 5.98. The van der Waals surface area contributed by atoms with Crippen LogP contribution in [0.5, 0.6) is 0 Å².